The third-order valence-corrected chi connectivity index (χ3v) is 2.97. The Kier molecular flexibility index (Phi) is 6.18. The minimum atomic E-state index is -0.317. The van der Waals surface area contributed by atoms with Crippen LogP contribution in [0.1, 0.15) is 19.5 Å². The van der Waals surface area contributed by atoms with Crippen molar-refractivity contribution in [2.24, 2.45) is 7.05 Å². The summed E-state index contributed by atoms with van der Waals surface area (Å²) in [5, 5.41) is 17.2. The van der Waals surface area contributed by atoms with Gasteiger partial charge in [0, 0.05) is 32.9 Å². The number of aryl methyl sites for hydroxylation is 1. The van der Waals surface area contributed by atoms with Crippen LogP contribution in [-0.2, 0) is 13.6 Å². The summed E-state index contributed by atoms with van der Waals surface area (Å²) >= 11 is 0. The molecule has 0 spiro atoms. The SMILES string of the molecule is CCN(CC)CC(O)CNCc1ccnn1C. The fraction of sp³-hybridized carbons (Fsp3) is 0.750. The van der Waals surface area contributed by atoms with Crippen molar-refractivity contribution in [1.29, 1.82) is 0 Å². The highest BCUT2D eigenvalue weighted by atomic mass is 16.3. The summed E-state index contributed by atoms with van der Waals surface area (Å²) < 4.78 is 1.84. The van der Waals surface area contributed by atoms with Gasteiger partial charge >= 0.3 is 0 Å². The summed E-state index contributed by atoms with van der Waals surface area (Å²) in [6.07, 6.45) is 1.46. The smallest absolute Gasteiger partial charge is 0.0791 e. The highest BCUT2D eigenvalue weighted by Crippen LogP contribution is 1.96. The second-order valence-corrected chi connectivity index (χ2v) is 4.22. The topological polar surface area (TPSA) is 53.3 Å². The van der Waals surface area contributed by atoms with E-state index < -0.39 is 0 Å². The summed E-state index contributed by atoms with van der Waals surface area (Å²) in [7, 11) is 1.92. The molecule has 1 unspecified atom stereocenters. The molecule has 0 fully saturated rings. The average Bonchev–Trinajstić information content (AvgIpc) is 2.72. The van der Waals surface area contributed by atoms with Gasteiger partial charge in [-0.3, -0.25) is 4.68 Å². The number of hydrogen-bond donors (Lipinski definition) is 2. The zero-order valence-corrected chi connectivity index (χ0v) is 11.1. The monoisotopic (exact) mass is 240 g/mol. The minimum Gasteiger partial charge on any atom is -0.390 e. The maximum atomic E-state index is 9.85. The molecule has 0 aliphatic rings. The van der Waals surface area contributed by atoms with E-state index in [0.29, 0.717) is 6.54 Å². The standard InChI is InChI=1S/C12H24N4O/c1-4-16(5-2)10-12(17)9-13-8-11-6-7-14-15(11)3/h6-7,12-13,17H,4-5,8-10H2,1-3H3. The van der Waals surface area contributed by atoms with Crippen LogP contribution in [0.5, 0.6) is 0 Å². The molecule has 0 saturated heterocycles. The Morgan fingerprint density at radius 2 is 2.18 bits per heavy atom. The number of nitrogens with zero attached hydrogens (tertiary/aromatic N) is 3. The van der Waals surface area contributed by atoms with E-state index in [4.69, 9.17) is 0 Å². The molecule has 0 aliphatic carbocycles. The lowest BCUT2D eigenvalue weighted by Gasteiger charge is -2.22. The highest BCUT2D eigenvalue weighted by molar-refractivity contribution is 4.99. The number of hydrogen-bond acceptors (Lipinski definition) is 4. The summed E-state index contributed by atoms with van der Waals surface area (Å²) in [6.45, 7) is 8.27. The predicted molar refractivity (Wildman–Crippen MR) is 68.7 cm³/mol. The molecule has 17 heavy (non-hydrogen) atoms. The van der Waals surface area contributed by atoms with Crippen molar-refractivity contribution < 1.29 is 5.11 Å². The minimum absolute atomic E-state index is 0.317. The van der Waals surface area contributed by atoms with Crippen LogP contribution in [0.25, 0.3) is 0 Å². The number of nitrogens with one attached hydrogen (secondary N) is 1. The fourth-order valence-electron chi connectivity index (χ4n) is 1.79. The molecule has 5 heteroatoms. The van der Waals surface area contributed by atoms with Gasteiger partial charge in [-0.2, -0.15) is 5.10 Å². The van der Waals surface area contributed by atoms with Crippen LogP contribution < -0.4 is 5.32 Å². The first-order chi connectivity index (χ1) is 8.17. The Morgan fingerprint density at radius 3 is 2.71 bits per heavy atom. The molecule has 2 N–H and O–H groups in total. The van der Waals surface area contributed by atoms with Gasteiger partial charge in [0.1, 0.15) is 0 Å². The molecule has 1 atom stereocenters. The highest BCUT2D eigenvalue weighted by Gasteiger charge is 2.08. The summed E-state index contributed by atoms with van der Waals surface area (Å²) in [6, 6.07) is 1.98. The molecular weight excluding hydrogens is 216 g/mol. The molecule has 0 saturated carbocycles. The lowest BCUT2D eigenvalue weighted by Crippen LogP contribution is -2.38. The van der Waals surface area contributed by atoms with E-state index >= 15 is 0 Å². The Morgan fingerprint density at radius 1 is 1.47 bits per heavy atom. The molecule has 5 nitrogen and oxygen atoms in total. The van der Waals surface area contributed by atoms with Crippen molar-refractivity contribution in [2.75, 3.05) is 26.2 Å². The van der Waals surface area contributed by atoms with Crippen molar-refractivity contribution in [3.05, 3.63) is 18.0 Å². The molecule has 1 aromatic heterocycles. The maximum Gasteiger partial charge on any atom is 0.0791 e. The van der Waals surface area contributed by atoms with Gasteiger partial charge in [0.15, 0.2) is 0 Å². The lowest BCUT2D eigenvalue weighted by atomic mass is 10.3. The predicted octanol–water partition coefficient (Wildman–Crippen LogP) is 0.212. The molecule has 1 aromatic rings. The molecule has 1 heterocycles. The second-order valence-electron chi connectivity index (χ2n) is 4.22. The van der Waals surface area contributed by atoms with Gasteiger partial charge in [-0.25, -0.2) is 0 Å². The first kappa shape index (κ1) is 14.2. The van der Waals surface area contributed by atoms with E-state index in [0.717, 1.165) is 31.9 Å². The largest absolute Gasteiger partial charge is 0.390 e. The van der Waals surface area contributed by atoms with E-state index in [2.05, 4.69) is 29.2 Å². The molecule has 0 aliphatic heterocycles. The Bertz CT molecular complexity index is 309. The maximum absolute atomic E-state index is 9.85. The third-order valence-electron chi connectivity index (χ3n) is 2.97. The lowest BCUT2D eigenvalue weighted by molar-refractivity contribution is 0.116. The summed E-state index contributed by atoms with van der Waals surface area (Å²) in [5.74, 6) is 0. The summed E-state index contributed by atoms with van der Waals surface area (Å²) in [5.41, 5.74) is 1.13. The normalized spacial score (nSPS) is 13.2. The van der Waals surface area contributed by atoms with Crippen LogP contribution in [0.2, 0.25) is 0 Å². The van der Waals surface area contributed by atoms with E-state index in [-0.39, 0.29) is 6.10 Å². The quantitative estimate of drug-likeness (QED) is 0.682. The van der Waals surface area contributed by atoms with Gasteiger partial charge in [-0.05, 0) is 19.2 Å². The van der Waals surface area contributed by atoms with E-state index in [1.54, 1.807) is 6.20 Å². The van der Waals surface area contributed by atoms with Crippen molar-refractivity contribution >= 4 is 0 Å². The molecule has 0 amide bonds. The van der Waals surface area contributed by atoms with Gasteiger partial charge < -0.3 is 15.3 Å². The van der Waals surface area contributed by atoms with Crippen molar-refractivity contribution in [2.45, 2.75) is 26.5 Å². The third kappa shape index (κ3) is 4.85. The van der Waals surface area contributed by atoms with Gasteiger partial charge in [-0.1, -0.05) is 13.8 Å². The average molecular weight is 240 g/mol. The van der Waals surface area contributed by atoms with Crippen LogP contribution in [0, 0.1) is 0 Å². The molecule has 0 aromatic carbocycles. The fourth-order valence-corrected chi connectivity index (χ4v) is 1.79. The second kappa shape index (κ2) is 7.42. The van der Waals surface area contributed by atoms with E-state index in [9.17, 15) is 5.11 Å². The van der Waals surface area contributed by atoms with Crippen LogP contribution in [-0.4, -0.2) is 52.1 Å². The van der Waals surface area contributed by atoms with Crippen LogP contribution in [0.3, 0.4) is 0 Å². The zero-order chi connectivity index (χ0) is 12.7. The zero-order valence-electron chi connectivity index (χ0n) is 11.1. The molecular formula is C12H24N4O. The van der Waals surface area contributed by atoms with Gasteiger partial charge in [0.05, 0.1) is 11.8 Å². The number of aliphatic hydroxyl groups is 1. The van der Waals surface area contributed by atoms with Gasteiger partial charge in [0.25, 0.3) is 0 Å². The molecule has 98 valence electrons. The van der Waals surface area contributed by atoms with Crippen LogP contribution in [0.15, 0.2) is 12.3 Å². The number of likely N-dealkylation sites (N-methyl/N-ethyl adjacent to an activating group) is 1. The number of aliphatic hydroxyl groups excluding tert-OH is 1. The number of rotatable bonds is 8. The van der Waals surface area contributed by atoms with Crippen LogP contribution >= 0.6 is 0 Å². The first-order valence-electron chi connectivity index (χ1n) is 6.25. The van der Waals surface area contributed by atoms with E-state index in [1.165, 1.54) is 0 Å². The summed E-state index contributed by atoms with van der Waals surface area (Å²) in [4.78, 5) is 2.22. The number of aromatic nitrogens is 2. The van der Waals surface area contributed by atoms with Crippen LogP contribution in [0.4, 0.5) is 0 Å². The molecule has 1 rings (SSSR count). The van der Waals surface area contributed by atoms with E-state index in [1.807, 2.05) is 17.8 Å². The Hall–Kier alpha value is -0.910. The van der Waals surface area contributed by atoms with Crippen molar-refractivity contribution in [3.8, 4) is 0 Å². The van der Waals surface area contributed by atoms with Crippen molar-refractivity contribution in [1.82, 2.24) is 20.0 Å². The van der Waals surface area contributed by atoms with Gasteiger partial charge in [-0.15, -0.1) is 0 Å². The van der Waals surface area contributed by atoms with Crippen molar-refractivity contribution in [3.63, 3.8) is 0 Å². The molecule has 0 radical (unpaired) electrons. The first-order valence-corrected chi connectivity index (χ1v) is 6.25. The van der Waals surface area contributed by atoms with Gasteiger partial charge in [0.2, 0.25) is 0 Å². The Balaban J connectivity index is 2.20. The molecule has 0 bridgehead atoms. The Labute approximate surface area is 103 Å².